The monoisotopic (exact) mass is 391 g/mol. The van der Waals surface area contributed by atoms with E-state index in [1.165, 1.54) is 18.7 Å². The number of nitrogens with zero attached hydrogens (tertiary/aromatic N) is 4. The van der Waals surface area contributed by atoms with Crippen molar-refractivity contribution < 1.29 is 22.4 Å². The molecule has 146 valence electrons. The second-order valence-corrected chi connectivity index (χ2v) is 5.89. The Hall–Kier alpha value is -3.30. The third-order valence-electron chi connectivity index (χ3n) is 4.00. The quantitative estimate of drug-likeness (QED) is 0.717. The van der Waals surface area contributed by atoms with E-state index in [1.54, 1.807) is 13.8 Å². The van der Waals surface area contributed by atoms with Crippen molar-refractivity contribution in [2.75, 3.05) is 0 Å². The molecule has 0 unspecified atom stereocenters. The molecule has 10 heteroatoms. The molecular formula is C18H16F3N5O2. The molecular weight excluding hydrogens is 375 g/mol. The molecule has 28 heavy (non-hydrogen) atoms. The number of alkyl halides is 3. The van der Waals surface area contributed by atoms with E-state index in [2.05, 4.69) is 25.3 Å². The van der Waals surface area contributed by atoms with Crippen molar-refractivity contribution in [3.8, 4) is 11.6 Å². The van der Waals surface area contributed by atoms with Crippen LogP contribution in [0.25, 0.3) is 11.6 Å². The van der Waals surface area contributed by atoms with Gasteiger partial charge in [-0.2, -0.15) is 13.2 Å². The van der Waals surface area contributed by atoms with Gasteiger partial charge in [0.2, 0.25) is 5.89 Å². The molecule has 7 nitrogen and oxygen atoms in total. The minimum atomic E-state index is -4.46. The number of aromatic nitrogens is 4. The van der Waals surface area contributed by atoms with E-state index in [0.717, 1.165) is 12.3 Å². The highest BCUT2D eigenvalue weighted by Gasteiger charge is 2.31. The number of nitrogens with one attached hydrogen (secondary N) is 1. The first-order valence-corrected chi connectivity index (χ1v) is 8.36. The van der Waals surface area contributed by atoms with Gasteiger partial charge in [0.05, 0.1) is 35.9 Å². The summed E-state index contributed by atoms with van der Waals surface area (Å²) < 4.78 is 43.6. The molecule has 0 atom stereocenters. The number of oxazole rings is 1. The molecule has 3 aromatic rings. The zero-order chi connectivity index (χ0) is 20.3. The van der Waals surface area contributed by atoms with Crippen LogP contribution in [0.15, 0.2) is 35.3 Å². The van der Waals surface area contributed by atoms with Gasteiger partial charge in [-0.15, -0.1) is 0 Å². The van der Waals surface area contributed by atoms with Gasteiger partial charge in [-0.3, -0.25) is 9.78 Å². The Labute approximate surface area is 158 Å². The molecule has 0 radical (unpaired) electrons. The van der Waals surface area contributed by atoms with Crippen molar-refractivity contribution in [1.82, 2.24) is 25.3 Å². The SMILES string of the molecule is CCc1cc(C(F)(F)F)cnc1CNC(=O)c1cnc(-c2ncco2)c(C)n1. The predicted octanol–water partition coefficient (Wildman–Crippen LogP) is 3.35. The number of halogens is 3. The molecule has 0 aliphatic heterocycles. The van der Waals surface area contributed by atoms with E-state index in [1.807, 2.05) is 0 Å². The number of hydrogen-bond acceptors (Lipinski definition) is 6. The molecule has 0 aromatic carbocycles. The molecule has 0 saturated heterocycles. The first-order valence-electron chi connectivity index (χ1n) is 8.36. The molecule has 0 aliphatic rings. The normalized spacial score (nSPS) is 11.5. The van der Waals surface area contributed by atoms with Crippen LogP contribution < -0.4 is 5.32 Å². The first-order chi connectivity index (χ1) is 13.3. The molecule has 0 bridgehead atoms. The number of carbonyl (C=O) groups excluding carboxylic acids is 1. The van der Waals surface area contributed by atoms with Gasteiger partial charge in [0.15, 0.2) is 0 Å². The van der Waals surface area contributed by atoms with Crippen LogP contribution in [0, 0.1) is 6.92 Å². The maximum absolute atomic E-state index is 12.8. The molecule has 3 aromatic heterocycles. The fraction of sp³-hybridized carbons (Fsp3) is 0.278. The van der Waals surface area contributed by atoms with E-state index in [9.17, 15) is 18.0 Å². The summed E-state index contributed by atoms with van der Waals surface area (Å²) in [5.74, 6) is -0.225. The number of carbonyl (C=O) groups is 1. The van der Waals surface area contributed by atoms with Crippen LogP contribution in [0.5, 0.6) is 0 Å². The Morgan fingerprint density at radius 2 is 2.00 bits per heavy atom. The summed E-state index contributed by atoms with van der Waals surface area (Å²) in [6.07, 6.45) is 0.805. The van der Waals surface area contributed by atoms with Crippen LogP contribution in [0.3, 0.4) is 0 Å². The van der Waals surface area contributed by atoms with Gasteiger partial charge in [-0.05, 0) is 25.0 Å². The molecule has 0 spiro atoms. The van der Waals surface area contributed by atoms with Crippen LogP contribution in [0.2, 0.25) is 0 Å². The van der Waals surface area contributed by atoms with Crippen LogP contribution in [-0.4, -0.2) is 25.8 Å². The standard InChI is InChI=1S/C18H16F3N5O2/c1-3-11-6-12(18(19,20)21)7-23-13(11)8-25-16(27)14-9-24-15(10(2)26-14)17-22-4-5-28-17/h4-7,9H,3,8H2,1-2H3,(H,25,27). The maximum Gasteiger partial charge on any atom is 0.417 e. The number of pyridine rings is 1. The largest absolute Gasteiger partial charge is 0.443 e. The van der Waals surface area contributed by atoms with Crippen LogP contribution in [0.4, 0.5) is 13.2 Å². The minimum absolute atomic E-state index is 0.0254. The molecule has 3 rings (SSSR count). The highest BCUT2D eigenvalue weighted by atomic mass is 19.4. The van der Waals surface area contributed by atoms with Crippen LogP contribution in [-0.2, 0) is 19.1 Å². The zero-order valence-corrected chi connectivity index (χ0v) is 15.0. The Bertz CT molecular complexity index is 987. The van der Waals surface area contributed by atoms with Crippen molar-refractivity contribution in [3.63, 3.8) is 0 Å². The number of amides is 1. The van der Waals surface area contributed by atoms with E-state index in [4.69, 9.17) is 4.42 Å². The van der Waals surface area contributed by atoms with Crippen molar-refractivity contribution in [3.05, 3.63) is 59.1 Å². The fourth-order valence-corrected chi connectivity index (χ4v) is 2.55. The van der Waals surface area contributed by atoms with Crippen LogP contribution in [0.1, 0.15) is 39.9 Å². The van der Waals surface area contributed by atoms with Crippen molar-refractivity contribution in [2.24, 2.45) is 0 Å². The Kier molecular flexibility index (Phi) is 5.39. The molecule has 0 saturated carbocycles. The number of hydrogen-bond donors (Lipinski definition) is 1. The van der Waals surface area contributed by atoms with Gasteiger partial charge in [-0.1, -0.05) is 6.92 Å². The van der Waals surface area contributed by atoms with Crippen LogP contribution >= 0.6 is 0 Å². The van der Waals surface area contributed by atoms with E-state index in [-0.39, 0.29) is 12.2 Å². The lowest BCUT2D eigenvalue weighted by Gasteiger charge is -2.12. The summed E-state index contributed by atoms with van der Waals surface area (Å²) >= 11 is 0. The number of aryl methyl sites for hydroxylation is 2. The first kappa shape index (κ1) is 19.5. The van der Waals surface area contributed by atoms with Gasteiger partial charge >= 0.3 is 6.18 Å². The highest BCUT2D eigenvalue weighted by Crippen LogP contribution is 2.29. The van der Waals surface area contributed by atoms with Crippen molar-refractivity contribution >= 4 is 5.91 Å². The smallest absolute Gasteiger partial charge is 0.417 e. The third kappa shape index (κ3) is 4.16. The molecule has 1 N–H and O–H groups in total. The Balaban J connectivity index is 1.73. The second-order valence-electron chi connectivity index (χ2n) is 5.89. The molecule has 0 fully saturated rings. The highest BCUT2D eigenvalue weighted by molar-refractivity contribution is 5.92. The van der Waals surface area contributed by atoms with Gasteiger partial charge in [0, 0.05) is 6.20 Å². The minimum Gasteiger partial charge on any atom is -0.443 e. The predicted molar refractivity (Wildman–Crippen MR) is 92.1 cm³/mol. The Morgan fingerprint density at radius 3 is 2.61 bits per heavy atom. The summed E-state index contributed by atoms with van der Waals surface area (Å²) in [6, 6.07) is 1.05. The van der Waals surface area contributed by atoms with E-state index >= 15 is 0 Å². The number of rotatable bonds is 5. The molecule has 3 heterocycles. The lowest BCUT2D eigenvalue weighted by atomic mass is 10.1. The fourth-order valence-electron chi connectivity index (χ4n) is 2.55. The maximum atomic E-state index is 12.8. The molecule has 1 amide bonds. The topological polar surface area (TPSA) is 93.8 Å². The summed E-state index contributed by atoms with van der Waals surface area (Å²) in [5.41, 5.74) is 0.901. The molecule has 0 aliphatic carbocycles. The lowest BCUT2D eigenvalue weighted by molar-refractivity contribution is -0.137. The lowest BCUT2D eigenvalue weighted by Crippen LogP contribution is -2.25. The summed E-state index contributed by atoms with van der Waals surface area (Å²) in [4.78, 5) is 28.5. The third-order valence-corrected chi connectivity index (χ3v) is 4.00. The van der Waals surface area contributed by atoms with E-state index < -0.39 is 17.6 Å². The van der Waals surface area contributed by atoms with Crippen molar-refractivity contribution in [1.29, 1.82) is 0 Å². The summed E-state index contributed by atoms with van der Waals surface area (Å²) in [6.45, 7) is 3.36. The zero-order valence-electron chi connectivity index (χ0n) is 15.0. The summed E-state index contributed by atoms with van der Waals surface area (Å²) in [5, 5.41) is 2.61. The average molecular weight is 391 g/mol. The Morgan fingerprint density at radius 1 is 1.21 bits per heavy atom. The van der Waals surface area contributed by atoms with Gasteiger partial charge in [0.1, 0.15) is 17.7 Å². The van der Waals surface area contributed by atoms with Crippen molar-refractivity contribution in [2.45, 2.75) is 33.0 Å². The van der Waals surface area contributed by atoms with E-state index in [0.29, 0.717) is 35.0 Å². The van der Waals surface area contributed by atoms with Gasteiger partial charge < -0.3 is 9.73 Å². The second kappa shape index (κ2) is 7.75. The summed E-state index contributed by atoms with van der Waals surface area (Å²) in [7, 11) is 0. The van der Waals surface area contributed by atoms with Gasteiger partial charge in [-0.25, -0.2) is 15.0 Å². The average Bonchev–Trinajstić information content (AvgIpc) is 3.19. The van der Waals surface area contributed by atoms with Gasteiger partial charge in [0.25, 0.3) is 5.91 Å².